The summed E-state index contributed by atoms with van der Waals surface area (Å²) in [4.78, 5) is 28.2. The van der Waals surface area contributed by atoms with Crippen molar-refractivity contribution in [2.24, 2.45) is 0 Å². The van der Waals surface area contributed by atoms with Crippen LogP contribution >= 0.6 is 23.5 Å². The molecule has 0 bridgehead atoms. The molecule has 0 aliphatic carbocycles. The molecule has 0 aromatic heterocycles. The lowest BCUT2D eigenvalue weighted by Crippen LogP contribution is -2.39. The van der Waals surface area contributed by atoms with Crippen LogP contribution in [0.4, 0.5) is 0 Å². The van der Waals surface area contributed by atoms with Crippen molar-refractivity contribution >= 4 is 35.3 Å². The molecular weight excluding hydrogens is 500 g/mol. The Kier molecular flexibility index (Phi) is 6.46. The number of hydrazine groups is 1. The monoisotopic (exact) mass is 522 g/mol. The first kappa shape index (κ1) is 24.0. The summed E-state index contributed by atoms with van der Waals surface area (Å²) in [5, 5.41) is 23.4. The smallest absolute Gasteiger partial charge is 0.280 e. The van der Waals surface area contributed by atoms with Gasteiger partial charge in [0.15, 0.2) is 0 Å². The third-order valence-electron chi connectivity index (χ3n) is 5.84. The van der Waals surface area contributed by atoms with E-state index in [4.69, 9.17) is 9.47 Å². The van der Waals surface area contributed by atoms with E-state index in [1.807, 2.05) is 24.3 Å². The number of nitrogens with zero attached hydrogens (tertiary/aromatic N) is 2. The van der Waals surface area contributed by atoms with Gasteiger partial charge in [-0.2, -0.15) is 0 Å². The predicted molar refractivity (Wildman–Crippen MR) is 136 cm³/mol. The summed E-state index contributed by atoms with van der Waals surface area (Å²) < 4.78 is 10.9. The van der Waals surface area contributed by atoms with Crippen molar-refractivity contribution in [3.63, 3.8) is 0 Å². The molecule has 0 atom stereocenters. The molecular formula is C26H22N2O6S2. The van der Waals surface area contributed by atoms with Crippen molar-refractivity contribution in [1.29, 1.82) is 0 Å². The van der Waals surface area contributed by atoms with E-state index in [1.165, 1.54) is 22.2 Å². The first-order valence-electron chi connectivity index (χ1n) is 10.9. The summed E-state index contributed by atoms with van der Waals surface area (Å²) in [6.45, 7) is 0.362. The summed E-state index contributed by atoms with van der Waals surface area (Å²) in [6, 6.07) is 17.4. The van der Waals surface area contributed by atoms with Crippen LogP contribution in [-0.2, 0) is 22.7 Å². The zero-order valence-electron chi connectivity index (χ0n) is 19.4. The number of hydrogen-bond acceptors (Lipinski definition) is 8. The maximum Gasteiger partial charge on any atom is 0.280 e. The number of amides is 2. The number of ether oxygens (including phenoxy) is 2. The topological polar surface area (TPSA) is 99.5 Å². The van der Waals surface area contributed by atoms with Crippen molar-refractivity contribution in [2.75, 3.05) is 14.2 Å². The zero-order valence-corrected chi connectivity index (χ0v) is 21.1. The Morgan fingerprint density at radius 2 is 1.06 bits per heavy atom. The van der Waals surface area contributed by atoms with Crippen LogP contribution in [0.5, 0.6) is 23.0 Å². The molecule has 8 nitrogen and oxygen atoms in total. The van der Waals surface area contributed by atoms with Crippen LogP contribution in [0.1, 0.15) is 11.1 Å². The minimum atomic E-state index is -0.439. The summed E-state index contributed by atoms with van der Waals surface area (Å²) in [7, 11) is 3.16. The lowest BCUT2D eigenvalue weighted by Gasteiger charge is -2.27. The van der Waals surface area contributed by atoms with Gasteiger partial charge in [0.05, 0.1) is 41.3 Å². The van der Waals surface area contributed by atoms with Gasteiger partial charge < -0.3 is 19.7 Å². The van der Waals surface area contributed by atoms with Gasteiger partial charge in [-0.1, -0.05) is 47.8 Å². The summed E-state index contributed by atoms with van der Waals surface area (Å²) >= 11 is 2.23. The van der Waals surface area contributed by atoms with E-state index >= 15 is 0 Å². The van der Waals surface area contributed by atoms with Crippen LogP contribution in [0, 0.1) is 0 Å². The molecule has 0 unspecified atom stereocenters. The molecule has 2 N–H and O–H groups in total. The zero-order chi connectivity index (χ0) is 25.4. The number of aromatic hydroxyl groups is 2. The maximum atomic E-state index is 13.7. The van der Waals surface area contributed by atoms with Gasteiger partial charge in [-0.3, -0.25) is 9.59 Å². The highest BCUT2D eigenvalue weighted by Gasteiger charge is 2.45. The Bertz CT molecular complexity index is 1270. The van der Waals surface area contributed by atoms with Crippen LogP contribution in [0.15, 0.2) is 80.3 Å². The number of thioether (sulfide) groups is 2. The fourth-order valence-electron chi connectivity index (χ4n) is 3.91. The number of carbonyl (C=O) groups is 2. The van der Waals surface area contributed by atoms with Gasteiger partial charge in [0, 0.05) is 0 Å². The number of carbonyl (C=O) groups excluding carboxylic acids is 2. The van der Waals surface area contributed by atoms with Crippen LogP contribution in [-0.4, -0.2) is 46.3 Å². The van der Waals surface area contributed by atoms with Gasteiger partial charge in [0.1, 0.15) is 28.6 Å². The van der Waals surface area contributed by atoms with E-state index in [0.29, 0.717) is 25.5 Å². The highest BCUT2D eigenvalue weighted by molar-refractivity contribution is 8.25. The molecule has 1 fully saturated rings. The molecule has 0 spiro atoms. The third kappa shape index (κ3) is 4.33. The van der Waals surface area contributed by atoms with Gasteiger partial charge >= 0.3 is 0 Å². The second-order valence-corrected chi connectivity index (χ2v) is 10.4. The molecule has 184 valence electrons. The summed E-state index contributed by atoms with van der Waals surface area (Å²) in [5.74, 6) is 0.475. The highest BCUT2D eigenvalue weighted by Crippen LogP contribution is 2.59. The molecule has 3 aromatic rings. The molecule has 2 aliphatic rings. The van der Waals surface area contributed by atoms with Crippen molar-refractivity contribution in [3.05, 3.63) is 81.6 Å². The van der Waals surface area contributed by atoms with Gasteiger partial charge in [-0.15, -0.1) is 0 Å². The maximum absolute atomic E-state index is 13.7. The van der Waals surface area contributed by atoms with Crippen molar-refractivity contribution in [2.45, 2.75) is 22.9 Å². The van der Waals surface area contributed by atoms with E-state index in [1.54, 1.807) is 38.5 Å². The standard InChI is InChI=1S/C26H22N2O6S2/c1-33-17-7-3-15(4-8-17)13-27-24(31)21(26-35-22-19(29)11-12-20(30)23(22)36-26)25(32)28(27)14-16-5-9-18(34-2)10-6-16/h3-12,29-30H,13-14H2,1-2H3. The molecule has 2 heterocycles. The normalized spacial score (nSPS) is 15.1. The summed E-state index contributed by atoms with van der Waals surface area (Å²) in [5.41, 5.74) is 1.67. The second-order valence-electron chi connectivity index (χ2n) is 8.05. The molecule has 2 aliphatic heterocycles. The molecule has 36 heavy (non-hydrogen) atoms. The minimum Gasteiger partial charge on any atom is -0.507 e. The van der Waals surface area contributed by atoms with Crippen LogP contribution in [0.3, 0.4) is 0 Å². The van der Waals surface area contributed by atoms with E-state index in [-0.39, 0.29) is 30.2 Å². The Hall–Kier alpha value is -3.76. The average molecular weight is 523 g/mol. The Morgan fingerprint density at radius 3 is 1.42 bits per heavy atom. The molecule has 5 rings (SSSR count). The third-order valence-corrected chi connectivity index (χ3v) is 8.48. The van der Waals surface area contributed by atoms with E-state index in [2.05, 4.69) is 0 Å². The Morgan fingerprint density at radius 1 is 0.667 bits per heavy atom. The quantitative estimate of drug-likeness (QED) is 0.277. The number of methoxy groups -OCH3 is 2. The van der Waals surface area contributed by atoms with Crippen molar-refractivity contribution < 1.29 is 29.3 Å². The fraction of sp³-hybridized carbons (Fsp3) is 0.154. The number of phenols is 2. The molecule has 0 saturated carbocycles. The molecule has 2 amide bonds. The van der Waals surface area contributed by atoms with Gasteiger partial charge in [-0.05, 0) is 47.5 Å². The predicted octanol–water partition coefficient (Wildman–Crippen LogP) is 4.51. The molecule has 10 heteroatoms. The fourth-order valence-corrected chi connectivity index (χ4v) is 6.49. The molecule has 1 saturated heterocycles. The second kappa shape index (κ2) is 9.71. The number of phenolic OH excluding ortho intramolecular Hbond substituents is 2. The number of hydrogen-bond donors (Lipinski definition) is 2. The van der Waals surface area contributed by atoms with Crippen molar-refractivity contribution in [3.8, 4) is 23.0 Å². The van der Waals surface area contributed by atoms with Crippen LogP contribution < -0.4 is 9.47 Å². The molecule has 3 aromatic carbocycles. The first-order valence-corrected chi connectivity index (χ1v) is 12.6. The van der Waals surface area contributed by atoms with Gasteiger partial charge in [0.25, 0.3) is 11.8 Å². The van der Waals surface area contributed by atoms with Gasteiger partial charge in [-0.25, -0.2) is 10.0 Å². The largest absolute Gasteiger partial charge is 0.507 e. The summed E-state index contributed by atoms with van der Waals surface area (Å²) in [6.07, 6.45) is 0. The number of fused-ring (bicyclic) bond motifs is 1. The lowest BCUT2D eigenvalue weighted by molar-refractivity contribution is -0.149. The lowest BCUT2D eigenvalue weighted by atomic mass is 10.2. The average Bonchev–Trinajstić information content (AvgIpc) is 3.43. The number of benzene rings is 3. The SMILES string of the molecule is COc1ccc(CN2C(=O)C(=C3Sc4c(O)ccc(O)c4S3)C(=O)N2Cc2ccc(OC)cc2)cc1. The van der Waals surface area contributed by atoms with Crippen LogP contribution in [0.25, 0.3) is 0 Å². The molecule has 0 radical (unpaired) electrons. The van der Waals surface area contributed by atoms with E-state index in [9.17, 15) is 19.8 Å². The van der Waals surface area contributed by atoms with E-state index in [0.717, 1.165) is 34.7 Å². The van der Waals surface area contributed by atoms with E-state index < -0.39 is 11.8 Å². The highest BCUT2D eigenvalue weighted by atomic mass is 32.2. The van der Waals surface area contributed by atoms with Crippen molar-refractivity contribution in [1.82, 2.24) is 10.0 Å². The Balaban J connectivity index is 1.51. The minimum absolute atomic E-state index is 0.0148. The Labute approximate surface area is 216 Å². The van der Waals surface area contributed by atoms with Crippen LogP contribution in [0.2, 0.25) is 0 Å². The number of rotatable bonds is 6. The van der Waals surface area contributed by atoms with Gasteiger partial charge in [0.2, 0.25) is 0 Å². The first-order chi connectivity index (χ1) is 17.4.